The molecular weight excluding hydrogens is 245 g/mol. The number of urea groups is 1. The van der Waals surface area contributed by atoms with Crippen LogP contribution in [0.3, 0.4) is 0 Å². The van der Waals surface area contributed by atoms with Crippen molar-refractivity contribution >= 4 is 11.7 Å². The van der Waals surface area contributed by atoms with Gasteiger partial charge < -0.3 is 15.1 Å². The first-order valence-electron chi connectivity index (χ1n) is 6.35. The van der Waals surface area contributed by atoms with E-state index in [2.05, 4.69) is 11.9 Å². The number of rotatable bonds is 3. The molecule has 0 saturated carbocycles. The average Bonchev–Trinajstić information content (AvgIpc) is 2.45. The third-order valence-electron chi connectivity index (χ3n) is 3.16. The summed E-state index contributed by atoms with van der Waals surface area (Å²) in [5.41, 5.74) is 0.605. The predicted molar refractivity (Wildman–Crippen MR) is 73.8 cm³/mol. The molecule has 0 spiro atoms. The number of piperazine rings is 1. The molecule has 1 saturated heterocycles. The molecule has 19 heavy (non-hydrogen) atoms. The van der Waals surface area contributed by atoms with Gasteiger partial charge in [0.2, 0.25) is 0 Å². The van der Waals surface area contributed by atoms with E-state index in [4.69, 9.17) is 0 Å². The summed E-state index contributed by atoms with van der Waals surface area (Å²) in [7, 11) is 0. The van der Waals surface area contributed by atoms with Crippen LogP contribution in [0.4, 0.5) is 14.9 Å². The van der Waals surface area contributed by atoms with Crippen LogP contribution < -0.4 is 10.2 Å². The Morgan fingerprint density at radius 3 is 2.63 bits per heavy atom. The fourth-order valence-electron chi connectivity index (χ4n) is 2.13. The molecule has 102 valence electrons. The number of halogens is 1. The van der Waals surface area contributed by atoms with Gasteiger partial charge in [0, 0.05) is 32.7 Å². The third kappa shape index (κ3) is 3.24. The Bertz CT molecular complexity index is 456. The van der Waals surface area contributed by atoms with E-state index in [0.717, 1.165) is 0 Å². The molecule has 1 aromatic rings. The van der Waals surface area contributed by atoms with Crippen molar-refractivity contribution in [2.45, 2.75) is 0 Å². The van der Waals surface area contributed by atoms with Crippen LogP contribution in [0.1, 0.15) is 0 Å². The summed E-state index contributed by atoms with van der Waals surface area (Å²) < 4.78 is 13.7. The molecular formula is C14H18FN3O. The normalized spacial score (nSPS) is 15.2. The molecule has 0 atom stereocenters. The summed E-state index contributed by atoms with van der Waals surface area (Å²) in [4.78, 5) is 15.4. The molecule has 2 rings (SSSR count). The standard InChI is InChI=1S/C14H18FN3O/c1-2-7-16-14(19)18-10-8-17(9-11-18)13-6-4-3-5-12(13)15/h2-6H,1,7-11H2,(H,16,19). The molecule has 0 aliphatic carbocycles. The molecule has 0 radical (unpaired) electrons. The first-order valence-corrected chi connectivity index (χ1v) is 6.35. The van der Waals surface area contributed by atoms with E-state index in [1.165, 1.54) is 6.07 Å². The van der Waals surface area contributed by atoms with Crippen molar-refractivity contribution in [3.63, 3.8) is 0 Å². The van der Waals surface area contributed by atoms with Gasteiger partial charge in [0.05, 0.1) is 5.69 Å². The molecule has 0 bridgehead atoms. The van der Waals surface area contributed by atoms with E-state index in [-0.39, 0.29) is 11.8 Å². The molecule has 0 unspecified atom stereocenters. The lowest BCUT2D eigenvalue weighted by Crippen LogP contribution is -2.52. The van der Waals surface area contributed by atoms with Crippen LogP contribution in [-0.4, -0.2) is 43.7 Å². The van der Waals surface area contributed by atoms with E-state index in [1.54, 1.807) is 23.1 Å². The van der Waals surface area contributed by atoms with Crippen molar-refractivity contribution in [3.05, 3.63) is 42.7 Å². The Kier molecular flexibility index (Phi) is 4.39. The maximum absolute atomic E-state index is 13.7. The minimum absolute atomic E-state index is 0.0897. The highest BCUT2D eigenvalue weighted by Crippen LogP contribution is 2.19. The highest BCUT2D eigenvalue weighted by Gasteiger charge is 2.22. The SMILES string of the molecule is C=CCNC(=O)N1CCN(c2ccccc2F)CC1. The molecule has 0 aromatic heterocycles. The number of hydrogen-bond donors (Lipinski definition) is 1. The fourth-order valence-corrected chi connectivity index (χ4v) is 2.13. The van der Waals surface area contributed by atoms with E-state index in [1.807, 2.05) is 11.0 Å². The summed E-state index contributed by atoms with van der Waals surface area (Å²) in [5.74, 6) is -0.216. The minimum atomic E-state index is -0.216. The number of anilines is 1. The number of nitrogens with zero attached hydrogens (tertiary/aromatic N) is 2. The van der Waals surface area contributed by atoms with Crippen LogP contribution in [0.25, 0.3) is 0 Å². The largest absolute Gasteiger partial charge is 0.366 e. The summed E-state index contributed by atoms with van der Waals surface area (Å²) in [6, 6.07) is 6.63. The molecule has 1 fully saturated rings. The van der Waals surface area contributed by atoms with Gasteiger partial charge in [-0.3, -0.25) is 0 Å². The van der Waals surface area contributed by atoms with Crippen LogP contribution >= 0.6 is 0 Å². The molecule has 1 aromatic carbocycles. The van der Waals surface area contributed by atoms with Crippen molar-refractivity contribution < 1.29 is 9.18 Å². The number of hydrogen-bond acceptors (Lipinski definition) is 2. The second-order valence-corrected chi connectivity index (χ2v) is 4.40. The first kappa shape index (κ1) is 13.4. The number of para-hydroxylation sites is 1. The summed E-state index contributed by atoms with van der Waals surface area (Å²) in [5, 5.41) is 2.74. The summed E-state index contributed by atoms with van der Waals surface area (Å²) >= 11 is 0. The summed E-state index contributed by atoms with van der Waals surface area (Å²) in [6.45, 7) is 6.49. The van der Waals surface area contributed by atoms with Crippen molar-refractivity contribution in [3.8, 4) is 0 Å². The molecule has 1 heterocycles. The Morgan fingerprint density at radius 1 is 1.32 bits per heavy atom. The Hall–Kier alpha value is -2.04. The lowest BCUT2D eigenvalue weighted by atomic mass is 10.2. The van der Waals surface area contributed by atoms with E-state index < -0.39 is 0 Å². The number of carbonyl (C=O) groups is 1. The molecule has 4 nitrogen and oxygen atoms in total. The summed E-state index contributed by atoms with van der Waals surface area (Å²) in [6.07, 6.45) is 1.65. The van der Waals surface area contributed by atoms with Crippen molar-refractivity contribution in [2.75, 3.05) is 37.6 Å². The van der Waals surface area contributed by atoms with E-state index >= 15 is 0 Å². The number of carbonyl (C=O) groups excluding carboxylic acids is 1. The molecule has 1 aliphatic rings. The zero-order valence-electron chi connectivity index (χ0n) is 10.8. The molecule has 5 heteroatoms. The predicted octanol–water partition coefficient (Wildman–Crippen LogP) is 1.84. The molecule has 2 amide bonds. The maximum atomic E-state index is 13.7. The van der Waals surface area contributed by atoms with Gasteiger partial charge in [-0.15, -0.1) is 6.58 Å². The number of amides is 2. The zero-order chi connectivity index (χ0) is 13.7. The second-order valence-electron chi connectivity index (χ2n) is 4.40. The highest BCUT2D eigenvalue weighted by atomic mass is 19.1. The van der Waals surface area contributed by atoms with Crippen LogP contribution in [0.15, 0.2) is 36.9 Å². The number of benzene rings is 1. The Balaban J connectivity index is 1.91. The fraction of sp³-hybridized carbons (Fsp3) is 0.357. The monoisotopic (exact) mass is 263 g/mol. The Labute approximate surface area is 112 Å². The van der Waals surface area contributed by atoms with Crippen LogP contribution in [0.5, 0.6) is 0 Å². The highest BCUT2D eigenvalue weighted by molar-refractivity contribution is 5.74. The van der Waals surface area contributed by atoms with Gasteiger partial charge in [0.15, 0.2) is 0 Å². The van der Waals surface area contributed by atoms with Gasteiger partial charge >= 0.3 is 6.03 Å². The quantitative estimate of drug-likeness (QED) is 0.845. The molecule has 1 aliphatic heterocycles. The second kappa shape index (κ2) is 6.22. The van der Waals surface area contributed by atoms with Crippen molar-refractivity contribution in [2.24, 2.45) is 0 Å². The molecule has 1 N–H and O–H groups in total. The minimum Gasteiger partial charge on any atom is -0.366 e. The lowest BCUT2D eigenvalue weighted by molar-refractivity contribution is 0.195. The van der Waals surface area contributed by atoms with Gasteiger partial charge in [-0.1, -0.05) is 18.2 Å². The van der Waals surface area contributed by atoms with Crippen LogP contribution in [0.2, 0.25) is 0 Å². The lowest BCUT2D eigenvalue weighted by Gasteiger charge is -2.36. The van der Waals surface area contributed by atoms with Gasteiger partial charge in [0.1, 0.15) is 5.82 Å². The van der Waals surface area contributed by atoms with Gasteiger partial charge in [0.25, 0.3) is 0 Å². The third-order valence-corrected chi connectivity index (χ3v) is 3.16. The maximum Gasteiger partial charge on any atom is 0.317 e. The Morgan fingerprint density at radius 2 is 2.00 bits per heavy atom. The topological polar surface area (TPSA) is 35.6 Å². The van der Waals surface area contributed by atoms with E-state index in [0.29, 0.717) is 38.4 Å². The number of nitrogens with one attached hydrogen (secondary N) is 1. The smallest absolute Gasteiger partial charge is 0.317 e. The van der Waals surface area contributed by atoms with Gasteiger partial charge in [-0.25, -0.2) is 9.18 Å². The first-order chi connectivity index (χ1) is 9.22. The van der Waals surface area contributed by atoms with Crippen LogP contribution in [0, 0.1) is 5.82 Å². The zero-order valence-corrected chi connectivity index (χ0v) is 10.8. The average molecular weight is 263 g/mol. The van der Waals surface area contributed by atoms with Gasteiger partial charge in [-0.2, -0.15) is 0 Å². The van der Waals surface area contributed by atoms with Gasteiger partial charge in [-0.05, 0) is 12.1 Å². The van der Waals surface area contributed by atoms with E-state index in [9.17, 15) is 9.18 Å². The van der Waals surface area contributed by atoms with Crippen molar-refractivity contribution in [1.82, 2.24) is 10.2 Å². The van der Waals surface area contributed by atoms with Crippen LogP contribution in [-0.2, 0) is 0 Å². The van der Waals surface area contributed by atoms with Crippen molar-refractivity contribution in [1.29, 1.82) is 0 Å².